The lowest BCUT2D eigenvalue weighted by Crippen LogP contribution is -2.51. The van der Waals surface area contributed by atoms with Crippen molar-refractivity contribution in [2.45, 2.75) is 70.4 Å². The summed E-state index contributed by atoms with van der Waals surface area (Å²) < 4.78 is 0. The first-order valence-corrected chi connectivity index (χ1v) is 10.6. The minimum atomic E-state index is -0.179. The number of aliphatic hydroxyl groups excluding tert-OH is 1. The van der Waals surface area contributed by atoms with Crippen molar-refractivity contribution in [1.29, 1.82) is 0 Å². The van der Waals surface area contributed by atoms with Crippen LogP contribution in [0.5, 0.6) is 0 Å². The molecule has 0 aromatic carbocycles. The van der Waals surface area contributed by atoms with Gasteiger partial charge in [-0.1, -0.05) is 19.8 Å². The number of piperidine rings is 2. The Morgan fingerprint density at radius 1 is 0.792 bits per heavy atom. The third-order valence-electron chi connectivity index (χ3n) is 6.45. The highest BCUT2D eigenvalue weighted by Gasteiger charge is 2.27. The Labute approximate surface area is 149 Å². The highest BCUT2D eigenvalue weighted by Crippen LogP contribution is 2.21. The van der Waals surface area contributed by atoms with Crippen molar-refractivity contribution >= 4 is 0 Å². The number of hydrogen-bond acceptors (Lipinski definition) is 4. The Morgan fingerprint density at radius 2 is 1.46 bits per heavy atom. The normalized spacial score (nSPS) is 31.0. The molecule has 140 valence electrons. The molecule has 2 unspecified atom stereocenters. The van der Waals surface area contributed by atoms with Gasteiger partial charge in [-0.3, -0.25) is 9.80 Å². The second-order valence-electron chi connectivity index (χ2n) is 8.64. The SMILES string of the molecule is CC1CCN(CC(O)CN2CCCC(N3CCCCCC3)C2)CC1. The molecule has 0 spiro atoms. The Balaban J connectivity index is 1.41. The van der Waals surface area contributed by atoms with Crippen molar-refractivity contribution in [1.82, 2.24) is 14.7 Å². The van der Waals surface area contributed by atoms with Gasteiger partial charge in [-0.15, -0.1) is 0 Å². The standard InChI is InChI=1S/C20H39N3O/c1-18-8-13-21(14-9-18)16-20(24)17-22-10-6-7-19(15-22)23-11-4-2-3-5-12-23/h18-20,24H,2-17H2,1H3. The molecule has 3 fully saturated rings. The molecular weight excluding hydrogens is 298 g/mol. The minimum Gasteiger partial charge on any atom is -0.390 e. The van der Waals surface area contributed by atoms with Gasteiger partial charge in [0.25, 0.3) is 0 Å². The van der Waals surface area contributed by atoms with Crippen LogP contribution in [0, 0.1) is 5.92 Å². The molecule has 4 heteroatoms. The topological polar surface area (TPSA) is 30.0 Å². The maximum Gasteiger partial charge on any atom is 0.0793 e. The number of likely N-dealkylation sites (tertiary alicyclic amines) is 3. The lowest BCUT2D eigenvalue weighted by molar-refractivity contribution is 0.0355. The molecule has 24 heavy (non-hydrogen) atoms. The Morgan fingerprint density at radius 3 is 2.17 bits per heavy atom. The number of rotatable bonds is 5. The van der Waals surface area contributed by atoms with Crippen LogP contribution in [0.3, 0.4) is 0 Å². The van der Waals surface area contributed by atoms with Gasteiger partial charge in [0, 0.05) is 25.7 Å². The van der Waals surface area contributed by atoms with E-state index in [9.17, 15) is 5.11 Å². The van der Waals surface area contributed by atoms with Gasteiger partial charge in [0.2, 0.25) is 0 Å². The second kappa shape index (κ2) is 9.51. The zero-order valence-corrected chi connectivity index (χ0v) is 15.8. The molecule has 0 aliphatic carbocycles. The van der Waals surface area contributed by atoms with Crippen LogP contribution in [0.4, 0.5) is 0 Å². The molecule has 0 saturated carbocycles. The molecule has 0 bridgehead atoms. The molecule has 3 rings (SSSR count). The average Bonchev–Trinajstić information content (AvgIpc) is 2.86. The number of aliphatic hydroxyl groups is 1. The summed E-state index contributed by atoms with van der Waals surface area (Å²) in [4.78, 5) is 7.76. The van der Waals surface area contributed by atoms with Gasteiger partial charge in [-0.05, 0) is 77.2 Å². The Hall–Kier alpha value is -0.160. The van der Waals surface area contributed by atoms with Gasteiger partial charge < -0.3 is 10.0 Å². The molecule has 3 heterocycles. The fourth-order valence-electron chi connectivity index (χ4n) is 4.85. The van der Waals surface area contributed by atoms with Crippen LogP contribution < -0.4 is 0 Å². The van der Waals surface area contributed by atoms with Crippen LogP contribution in [0.1, 0.15) is 58.3 Å². The first-order chi connectivity index (χ1) is 11.7. The van der Waals surface area contributed by atoms with Gasteiger partial charge in [-0.2, -0.15) is 0 Å². The van der Waals surface area contributed by atoms with Gasteiger partial charge in [0.1, 0.15) is 0 Å². The lowest BCUT2D eigenvalue weighted by Gasteiger charge is -2.40. The van der Waals surface area contributed by atoms with E-state index in [1.807, 2.05) is 0 Å². The van der Waals surface area contributed by atoms with E-state index in [0.717, 1.165) is 25.0 Å². The van der Waals surface area contributed by atoms with Crippen LogP contribution in [0.25, 0.3) is 0 Å². The lowest BCUT2D eigenvalue weighted by atomic mass is 9.99. The van der Waals surface area contributed by atoms with Gasteiger partial charge in [0.15, 0.2) is 0 Å². The summed E-state index contributed by atoms with van der Waals surface area (Å²) in [6, 6.07) is 0.736. The maximum absolute atomic E-state index is 10.6. The van der Waals surface area contributed by atoms with Gasteiger partial charge in [0.05, 0.1) is 6.10 Å². The summed E-state index contributed by atoms with van der Waals surface area (Å²) in [7, 11) is 0. The van der Waals surface area contributed by atoms with E-state index in [1.54, 1.807) is 0 Å². The van der Waals surface area contributed by atoms with E-state index < -0.39 is 0 Å². The molecule has 1 N–H and O–H groups in total. The number of hydrogen-bond donors (Lipinski definition) is 1. The number of nitrogens with zero attached hydrogens (tertiary/aromatic N) is 3. The minimum absolute atomic E-state index is 0.179. The van der Waals surface area contributed by atoms with Crippen molar-refractivity contribution < 1.29 is 5.11 Å². The highest BCUT2D eigenvalue weighted by molar-refractivity contribution is 4.83. The first-order valence-electron chi connectivity index (χ1n) is 10.6. The molecule has 4 nitrogen and oxygen atoms in total. The van der Waals surface area contributed by atoms with Crippen molar-refractivity contribution in [3.8, 4) is 0 Å². The van der Waals surface area contributed by atoms with E-state index in [-0.39, 0.29) is 6.10 Å². The molecule has 3 aliphatic rings. The Bertz CT molecular complexity index is 349. The van der Waals surface area contributed by atoms with Crippen molar-refractivity contribution in [2.24, 2.45) is 5.92 Å². The molecular formula is C20H39N3O. The summed E-state index contributed by atoms with van der Waals surface area (Å²) in [6.07, 6.45) is 10.7. The zero-order valence-electron chi connectivity index (χ0n) is 15.8. The van der Waals surface area contributed by atoms with Crippen LogP contribution in [0.2, 0.25) is 0 Å². The third-order valence-corrected chi connectivity index (χ3v) is 6.45. The predicted octanol–water partition coefficient (Wildman–Crippen LogP) is 2.42. The molecule has 3 saturated heterocycles. The average molecular weight is 338 g/mol. The van der Waals surface area contributed by atoms with Crippen LogP contribution in [-0.4, -0.2) is 84.3 Å². The molecule has 0 amide bonds. The molecule has 0 aromatic rings. The molecule has 0 radical (unpaired) electrons. The summed E-state index contributed by atoms with van der Waals surface area (Å²) in [6.45, 7) is 11.4. The molecule has 3 aliphatic heterocycles. The van der Waals surface area contributed by atoms with Crippen LogP contribution in [0.15, 0.2) is 0 Å². The van der Waals surface area contributed by atoms with E-state index in [4.69, 9.17) is 0 Å². The summed E-state index contributed by atoms with van der Waals surface area (Å²) >= 11 is 0. The zero-order chi connectivity index (χ0) is 16.8. The van der Waals surface area contributed by atoms with Crippen LogP contribution in [-0.2, 0) is 0 Å². The van der Waals surface area contributed by atoms with Gasteiger partial charge in [-0.25, -0.2) is 0 Å². The maximum atomic E-state index is 10.6. The second-order valence-corrected chi connectivity index (χ2v) is 8.64. The van der Waals surface area contributed by atoms with E-state index in [2.05, 4.69) is 21.6 Å². The van der Waals surface area contributed by atoms with E-state index >= 15 is 0 Å². The highest BCUT2D eigenvalue weighted by atomic mass is 16.3. The Kier molecular flexibility index (Phi) is 7.38. The summed E-state index contributed by atoms with van der Waals surface area (Å²) in [5, 5.41) is 10.6. The van der Waals surface area contributed by atoms with E-state index in [0.29, 0.717) is 0 Å². The number of β-amino-alcohol motifs (C(OH)–C–C–N with tert-alkyl or cyclic N) is 1. The quantitative estimate of drug-likeness (QED) is 0.834. The summed E-state index contributed by atoms with van der Waals surface area (Å²) in [5.74, 6) is 0.870. The molecule has 2 atom stereocenters. The largest absolute Gasteiger partial charge is 0.390 e. The fourth-order valence-corrected chi connectivity index (χ4v) is 4.85. The first kappa shape index (κ1) is 18.6. The smallest absolute Gasteiger partial charge is 0.0793 e. The van der Waals surface area contributed by atoms with Gasteiger partial charge >= 0.3 is 0 Å². The van der Waals surface area contributed by atoms with Crippen molar-refractivity contribution in [2.75, 3.05) is 52.4 Å². The predicted molar refractivity (Wildman–Crippen MR) is 100 cm³/mol. The summed E-state index contributed by atoms with van der Waals surface area (Å²) in [5.41, 5.74) is 0. The van der Waals surface area contributed by atoms with E-state index in [1.165, 1.54) is 90.6 Å². The molecule has 0 aromatic heterocycles. The monoisotopic (exact) mass is 337 g/mol. The third kappa shape index (κ3) is 5.69. The van der Waals surface area contributed by atoms with Crippen molar-refractivity contribution in [3.05, 3.63) is 0 Å². The fraction of sp³-hybridized carbons (Fsp3) is 1.00. The van der Waals surface area contributed by atoms with Crippen LogP contribution >= 0.6 is 0 Å². The van der Waals surface area contributed by atoms with Crippen molar-refractivity contribution in [3.63, 3.8) is 0 Å².